The van der Waals surface area contributed by atoms with Crippen LogP contribution in [0.25, 0.3) is 0 Å². The molecule has 1 aliphatic heterocycles. The first-order valence-corrected chi connectivity index (χ1v) is 8.47. The number of carbonyl (C=O) groups excluding carboxylic acids is 2. The Balaban J connectivity index is 1.55. The van der Waals surface area contributed by atoms with E-state index in [1.54, 1.807) is 4.90 Å². The number of hydrogen-bond acceptors (Lipinski definition) is 2. The van der Waals surface area contributed by atoms with Gasteiger partial charge in [0.2, 0.25) is 5.91 Å². The second-order valence-corrected chi connectivity index (χ2v) is 6.64. The molecule has 3 rings (SSSR count). The highest BCUT2D eigenvalue weighted by Crippen LogP contribution is 2.16. The number of urea groups is 1. The molecule has 130 valence electrons. The van der Waals surface area contributed by atoms with Gasteiger partial charge in [-0.3, -0.25) is 4.79 Å². The van der Waals surface area contributed by atoms with Gasteiger partial charge >= 0.3 is 6.03 Å². The molecule has 25 heavy (non-hydrogen) atoms. The molecule has 0 bridgehead atoms. The lowest BCUT2D eigenvalue weighted by molar-refractivity contribution is -0.128. The number of hydrogen-bond donors (Lipinski definition) is 2. The summed E-state index contributed by atoms with van der Waals surface area (Å²) in [5, 5.41) is 5.75. The number of nitrogens with zero attached hydrogens (tertiary/aromatic N) is 1. The van der Waals surface area contributed by atoms with Gasteiger partial charge in [0, 0.05) is 25.2 Å². The fraction of sp³-hybridized carbons (Fsp3) is 0.300. The lowest BCUT2D eigenvalue weighted by Gasteiger charge is -2.17. The van der Waals surface area contributed by atoms with Crippen LogP contribution in [0, 0.1) is 13.8 Å². The van der Waals surface area contributed by atoms with Gasteiger partial charge in [-0.25, -0.2) is 4.79 Å². The van der Waals surface area contributed by atoms with Gasteiger partial charge < -0.3 is 15.5 Å². The molecule has 0 saturated carbocycles. The largest absolute Gasteiger partial charge is 0.336 e. The van der Waals surface area contributed by atoms with E-state index < -0.39 is 0 Å². The molecule has 2 aromatic rings. The highest BCUT2D eigenvalue weighted by molar-refractivity contribution is 5.90. The lowest BCUT2D eigenvalue weighted by Crippen LogP contribution is -2.39. The molecule has 0 spiro atoms. The molecule has 3 amide bonds. The van der Waals surface area contributed by atoms with Crippen molar-refractivity contribution in [2.24, 2.45) is 0 Å². The number of carbonyl (C=O) groups is 2. The van der Waals surface area contributed by atoms with Gasteiger partial charge in [0.1, 0.15) is 0 Å². The summed E-state index contributed by atoms with van der Waals surface area (Å²) in [4.78, 5) is 26.2. The minimum atomic E-state index is -0.274. The maximum atomic E-state index is 12.2. The van der Waals surface area contributed by atoms with E-state index in [1.165, 1.54) is 0 Å². The van der Waals surface area contributed by atoms with Crippen LogP contribution >= 0.6 is 0 Å². The summed E-state index contributed by atoms with van der Waals surface area (Å²) in [5.74, 6) is 0.0700. The zero-order chi connectivity index (χ0) is 17.8. The van der Waals surface area contributed by atoms with E-state index in [-0.39, 0.29) is 18.0 Å². The van der Waals surface area contributed by atoms with Gasteiger partial charge in [-0.15, -0.1) is 0 Å². The lowest BCUT2D eigenvalue weighted by atomic mass is 10.1. The zero-order valence-electron chi connectivity index (χ0n) is 14.6. The second kappa shape index (κ2) is 7.38. The van der Waals surface area contributed by atoms with Crippen LogP contribution in [0.2, 0.25) is 0 Å². The molecular weight excluding hydrogens is 314 g/mol. The predicted molar refractivity (Wildman–Crippen MR) is 98.3 cm³/mol. The smallest absolute Gasteiger partial charge is 0.319 e. The molecule has 1 fully saturated rings. The summed E-state index contributed by atoms with van der Waals surface area (Å²) >= 11 is 0. The van der Waals surface area contributed by atoms with E-state index in [0.29, 0.717) is 19.5 Å². The van der Waals surface area contributed by atoms with Gasteiger partial charge in [-0.1, -0.05) is 36.4 Å². The first kappa shape index (κ1) is 17.0. The molecule has 1 heterocycles. The molecule has 5 heteroatoms. The first-order chi connectivity index (χ1) is 12.0. The third-order valence-corrected chi connectivity index (χ3v) is 4.25. The Hall–Kier alpha value is -2.82. The molecule has 1 atom stereocenters. The van der Waals surface area contributed by atoms with E-state index in [9.17, 15) is 9.59 Å². The fourth-order valence-corrected chi connectivity index (χ4v) is 3.22. The van der Waals surface area contributed by atoms with Crippen LogP contribution < -0.4 is 10.6 Å². The molecule has 1 saturated heterocycles. The highest BCUT2D eigenvalue weighted by Gasteiger charge is 2.30. The normalized spacial score (nSPS) is 16.8. The third kappa shape index (κ3) is 4.59. The standard InChI is InChI=1S/C20H23N3O2/c1-14-8-15(2)10-17(9-14)21-20(25)22-18-11-19(24)23(13-18)12-16-6-4-3-5-7-16/h3-10,18H,11-13H2,1-2H3,(H2,21,22,25). The van der Waals surface area contributed by atoms with Gasteiger partial charge in [-0.2, -0.15) is 0 Å². The van der Waals surface area contributed by atoms with Gasteiger partial charge in [0.25, 0.3) is 0 Å². The zero-order valence-corrected chi connectivity index (χ0v) is 14.6. The maximum absolute atomic E-state index is 12.2. The number of anilines is 1. The number of amides is 3. The van der Waals surface area contributed by atoms with Crippen molar-refractivity contribution in [2.45, 2.75) is 32.9 Å². The van der Waals surface area contributed by atoms with Crippen molar-refractivity contribution in [1.29, 1.82) is 0 Å². The summed E-state index contributed by atoms with van der Waals surface area (Å²) in [6, 6.07) is 15.3. The number of rotatable bonds is 4. The molecule has 0 aromatic heterocycles. The molecule has 2 aromatic carbocycles. The minimum absolute atomic E-state index is 0.0700. The van der Waals surface area contributed by atoms with Crippen LogP contribution in [-0.2, 0) is 11.3 Å². The highest BCUT2D eigenvalue weighted by atomic mass is 16.2. The van der Waals surface area contributed by atoms with Crippen LogP contribution in [-0.4, -0.2) is 29.4 Å². The van der Waals surface area contributed by atoms with Crippen molar-refractivity contribution >= 4 is 17.6 Å². The Morgan fingerprint density at radius 2 is 1.80 bits per heavy atom. The van der Waals surface area contributed by atoms with Crippen LogP contribution in [0.3, 0.4) is 0 Å². The number of likely N-dealkylation sites (tertiary alicyclic amines) is 1. The summed E-state index contributed by atoms with van der Waals surface area (Å²) in [7, 11) is 0. The Morgan fingerprint density at radius 3 is 2.48 bits per heavy atom. The maximum Gasteiger partial charge on any atom is 0.319 e. The molecule has 0 aliphatic carbocycles. The van der Waals surface area contributed by atoms with Gasteiger partial charge in [-0.05, 0) is 42.7 Å². The van der Waals surface area contributed by atoms with E-state index >= 15 is 0 Å². The van der Waals surface area contributed by atoms with Crippen molar-refractivity contribution in [2.75, 3.05) is 11.9 Å². The third-order valence-electron chi connectivity index (χ3n) is 4.25. The molecule has 2 N–H and O–H groups in total. The second-order valence-electron chi connectivity index (χ2n) is 6.64. The average molecular weight is 337 g/mol. The number of benzene rings is 2. The summed E-state index contributed by atoms with van der Waals surface area (Å²) in [6.45, 7) is 5.10. The molecule has 1 unspecified atom stereocenters. The minimum Gasteiger partial charge on any atom is -0.336 e. The Labute approximate surface area is 148 Å². The summed E-state index contributed by atoms with van der Waals surface area (Å²) in [6.07, 6.45) is 0.340. The van der Waals surface area contributed by atoms with E-state index in [2.05, 4.69) is 16.7 Å². The number of aryl methyl sites for hydroxylation is 2. The van der Waals surface area contributed by atoms with Crippen molar-refractivity contribution < 1.29 is 9.59 Å². The van der Waals surface area contributed by atoms with Crippen LogP contribution in [0.4, 0.5) is 10.5 Å². The van der Waals surface area contributed by atoms with Crippen molar-refractivity contribution in [3.63, 3.8) is 0 Å². The Kier molecular flexibility index (Phi) is 5.03. The van der Waals surface area contributed by atoms with E-state index in [4.69, 9.17) is 0 Å². The summed E-state index contributed by atoms with van der Waals surface area (Å²) in [5.41, 5.74) is 4.05. The molecular formula is C20H23N3O2. The van der Waals surface area contributed by atoms with Crippen LogP contribution in [0.15, 0.2) is 48.5 Å². The quantitative estimate of drug-likeness (QED) is 0.900. The fourth-order valence-electron chi connectivity index (χ4n) is 3.22. The van der Waals surface area contributed by atoms with Crippen molar-refractivity contribution in [3.05, 3.63) is 65.2 Å². The monoisotopic (exact) mass is 337 g/mol. The van der Waals surface area contributed by atoms with Crippen molar-refractivity contribution in [3.8, 4) is 0 Å². The number of nitrogens with one attached hydrogen (secondary N) is 2. The van der Waals surface area contributed by atoms with E-state index in [0.717, 1.165) is 22.4 Å². The Bertz CT molecular complexity index is 754. The predicted octanol–water partition coefficient (Wildman–Crippen LogP) is 3.23. The molecule has 5 nitrogen and oxygen atoms in total. The topological polar surface area (TPSA) is 61.4 Å². The molecule has 0 radical (unpaired) electrons. The summed E-state index contributed by atoms with van der Waals surface area (Å²) < 4.78 is 0. The van der Waals surface area contributed by atoms with Crippen LogP contribution in [0.1, 0.15) is 23.1 Å². The molecule has 1 aliphatic rings. The SMILES string of the molecule is Cc1cc(C)cc(NC(=O)NC2CC(=O)N(Cc3ccccc3)C2)c1. The van der Waals surface area contributed by atoms with Crippen LogP contribution in [0.5, 0.6) is 0 Å². The average Bonchev–Trinajstić information content (AvgIpc) is 2.86. The first-order valence-electron chi connectivity index (χ1n) is 8.47. The van der Waals surface area contributed by atoms with E-state index in [1.807, 2.05) is 56.3 Å². The van der Waals surface area contributed by atoms with Gasteiger partial charge in [0.05, 0.1) is 6.04 Å². The van der Waals surface area contributed by atoms with Crippen molar-refractivity contribution in [1.82, 2.24) is 10.2 Å². The van der Waals surface area contributed by atoms with Gasteiger partial charge in [0.15, 0.2) is 0 Å². The Morgan fingerprint density at radius 1 is 1.12 bits per heavy atom.